The van der Waals surface area contributed by atoms with Crippen LogP contribution in [0.25, 0.3) is 11.1 Å². The van der Waals surface area contributed by atoms with E-state index in [9.17, 15) is 9.59 Å². The summed E-state index contributed by atoms with van der Waals surface area (Å²) in [4.78, 5) is 30.4. The molecule has 0 spiro atoms. The van der Waals surface area contributed by atoms with Crippen LogP contribution < -0.4 is 5.32 Å². The van der Waals surface area contributed by atoms with Crippen molar-refractivity contribution in [3.8, 4) is 11.1 Å². The number of amides is 2. The van der Waals surface area contributed by atoms with Gasteiger partial charge in [-0.25, -0.2) is 0 Å². The third-order valence-corrected chi connectivity index (χ3v) is 6.32. The summed E-state index contributed by atoms with van der Waals surface area (Å²) in [6.07, 6.45) is 0. The van der Waals surface area contributed by atoms with Crippen LogP contribution >= 0.6 is 11.3 Å². The number of nitrogens with zero attached hydrogens (tertiary/aromatic N) is 2. The van der Waals surface area contributed by atoms with Gasteiger partial charge in [0.15, 0.2) is 0 Å². The zero-order valence-corrected chi connectivity index (χ0v) is 18.0. The largest absolute Gasteiger partial charge is 0.336 e. The van der Waals surface area contributed by atoms with E-state index in [1.807, 2.05) is 59.7 Å². The Labute approximate surface area is 180 Å². The number of aryl methyl sites for hydroxylation is 1. The molecule has 2 aromatic carbocycles. The highest BCUT2D eigenvalue weighted by Crippen LogP contribution is 2.37. The zero-order valence-electron chi connectivity index (χ0n) is 17.2. The quantitative estimate of drug-likeness (QED) is 0.684. The van der Waals surface area contributed by atoms with Gasteiger partial charge in [0.05, 0.1) is 5.56 Å². The van der Waals surface area contributed by atoms with Gasteiger partial charge in [0.1, 0.15) is 5.00 Å². The summed E-state index contributed by atoms with van der Waals surface area (Å²) in [5.74, 6) is -0.230. The van der Waals surface area contributed by atoms with Gasteiger partial charge < -0.3 is 15.1 Å². The van der Waals surface area contributed by atoms with Crippen LogP contribution in [0, 0.1) is 6.92 Å². The Morgan fingerprint density at radius 1 is 0.933 bits per heavy atom. The molecule has 0 unspecified atom stereocenters. The van der Waals surface area contributed by atoms with Crippen LogP contribution in [-0.4, -0.2) is 54.8 Å². The molecule has 3 aromatic rings. The van der Waals surface area contributed by atoms with Crippen molar-refractivity contribution in [2.75, 3.05) is 38.5 Å². The first-order chi connectivity index (χ1) is 14.5. The molecule has 2 amide bonds. The van der Waals surface area contributed by atoms with E-state index in [0.29, 0.717) is 29.2 Å². The second kappa shape index (κ2) is 8.81. The third-order valence-electron chi connectivity index (χ3n) is 5.42. The molecule has 4 rings (SSSR count). The maximum atomic E-state index is 13.5. The molecule has 0 atom stereocenters. The molecule has 6 heteroatoms. The summed E-state index contributed by atoms with van der Waals surface area (Å²) in [6.45, 7) is 5.05. The lowest BCUT2D eigenvalue weighted by molar-refractivity contribution is 0.0666. The van der Waals surface area contributed by atoms with Gasteiger partial charge in [0.25, 0.3) is 11.8 Å². The Balaban J connectivity index is 1.68. The zero-order chi connectivity index (χ0) is 21.1. The number of nitrogens with one attached hydrogen (secondary N) is 1. The number of thiophene rings is 1. The Morgan fingerprint density at radius 3 is 2.27 bits per heavy atom. The predicted octanol–water partition coefficient (Wildman–Crippen LogP) is 4.36. The highest BCUT2D eigenvalue weighted by atomic mass is 32.1. The number of carbonyl (C=O) groups is 2. The highest BCUT2D eigenvalue weighted by Gasteiger charge is 2.27. The molecule has 5 nitrogen and oxygen atoms in total. The summed E-state index contributed by atoms with van der Waals surface area (Å²) in [5, 5.41) is 5.55. The van der Waals surface area contributed by atoms with Crippen LogP contribution in [0.15, 0.2) is 60.0 Å². The van der Waals surface area contributed by atoms with Crippen LogP contribution in [0.4, 0.5) is 5.00 Å². The van der Waals surface area contributed by atoms with Crippen LogP contribution in [0.1, 0.15) is 26.3 Å². The van der Waals surface area contributed by atoms with Gasteiger partial charge in [0, 0.05) is 42.7 Å². The average Bonchev–Trinajstić information content (AvgIpc) is 3.18. The second-order valence-corrected chi connectivity index (χ2v) is 8.51. The van der Waals surface area contributed by atoms with E-state index in [4.69, 9.17) is 0 Å². The highest BCUT2D eigenvalue weighted by molar-refractivity contribution is 7.15. The van der Waals surface area contributed by atoms with Crippen molar-refractivity contribution < 1.29 is 9.59 Å². The van der Waals surface area contributed by atoms with E-state index < -0.39 is 0 Å². The first-order valence-corrected chi connectivity index (χ1v) is 10.9. The smallest absolute Gasteiger partial charge is 0.257 e. The van der Waals surface area contributed by atoms with Crippen molar-refractivity contribution in [3.05, 3.63) is 76.7 Å². The number of carbonyl (C=O) groups excluding carboxylic acids is 2. The molecule has 1 saturated heterocycles. The number of hydrogen-bond donors (Lipinski definition) is 1. The Morgan fingerprint density at radius 2 is 1.60 bits per heavy atom. The maximum Gasteiger partial charge on any atom is 0.257 e. The van der Waals surface area contributed by atoms with Gasteiger partial charge in [0.2, 0.25) is 0 Å². The van der Waals surface area contributed by atoms with E-state index in [1.54, 1.807) is 12.1 Å². The minimum atomic E-state index is -0.205. The fourth-order valence-corrected chi connectivity index (χ4v) is 4.50. The minimum absolute atomic E-state index is 0.0255. The van der Waals surface area contributed by atoms with Gasteiger partial charge >= 0.3 is 0 Å². The van der Waals surface area contributed by atoms with Crippen molar-refractivity contribution in [2.24, 2.45) is 0 Å². The van der Waals surface area contributed by atoms with E-state index in [0.717, 1.165) is 29.8 Å². The van der Waals surface area contributed by atoms with Crippen LogP contribution in [-0.2, 0) is 0 Å². The van der Waals surface area contributed by atoms with Crippen LogP contribution in [0.2, 0.25) is 0 Å². The number of anilines is 1. The van der Waals surface area contributed by atoms with Crippen LogP contribution in [0.3, 0.4) is 0 Å². The fourth-order valence-electron chi connectivity index (χ4n) is 3.54. The topological polar surface area (TPSA) is 52.7 Å². The molecule has 1 aliphatic rings. The minimum Gasteiger partial charge on any atom is -0.336 e. The number of benzene rings is 2. The molecule has 1 aliphatic heterocycles. The lowest BCUT2D eigenvalue weighted by Crippen LogP contribution is -2.47. The van der Waals surface area contributed by atoms with Gasteiger partial charge in [-0.1, -0.05) is 48.0 Å². The molecule has 1 aromatic heterocycles. The summed E-state index contributed by atoms with van der Waals surface area (Å²) in [6, 6.07) is 17.3. The molecule has 1 N–H and O–H groups in total. The molecule has 0 saturated carbocycles. The first kappa shape index (κ1) is 20.3. The summed E-state index contributed by atoms with van der Waals surface area (Å²) < 4.78 is 0. The normalized spacial score (nSPS) is 14.5. The molecule has 1 fully saturated rings. The molecular formula is C24H25N3O2S. The van der Waals surface area contributed by atoms with E-state index in [-0.39, 0.29) is 11.8 Å². The molecule has 154 valence electrons. The van der Waals surface area contributed by atoms with Gasteiger partial charge in [-0.2, -0.15) is 0 Å². The third kappa shape index (κ3) is 4.30. The Kier molecular flexibility index (Phi) is 5.97. The van der Waals surface area contributed by atoms with Gasteiger partial charge in [-0.3, -0.25) is 9.59 Å². The first-order valence-electron chi connectivity index (χ1n) is 10.1. The van der Waals surface area contributed by atoms with Crippen molar-refractivity contribution in [1.29, 1.82) is 0 Å². The summed E-state index contributed by atoms with van der Waals surface area (Å²) in [5.41, 5.74) is 4.09. The molecule has 0 radical (unpaired) electrons. The molecule has 0 aliphatic carbocycles. The number of hydrogen-bond acceptors (Lipinski definition) is 4. The lowest BCUT2D eigenvalue weighted by Gasteiger charge is -2.32. The summed E-state index contributed by atoms with van der Waals surface area (Å²) >= 11 is 1.40. The number of piperazine rings is 1. The molecular weight excluding hydrogens is 394 g/mol. The predicted molar refractivity (Wildman–Crippen MR) is 122 cm³/mol. The molecule has 30 heavy (non-hydrogen) atoms. The molecule has 0 bridgehead atoms. The monoisotopic (exact) mass is 419 g/mol. The van der Waals surface area contributed by atoms with Crippen molar-refractivity contribution >= 4 is 28.2 Å². The van der Waals surface area contributed by atoms with Gasteiger partial charge in [-0.15, -0.1) is 11.3 Å². The Bertz CT molecular complexity index is 1040. The fraction of sp³-hybridized carbons (Fsp3) is 0.250. The standard InChI is InChI=1S/C24H25N3O2S/c1-17-8-10-19(11-9-17)22(28)25-23-21(24(29)27-14-12-26(2)13-15-27)20(16-30-23)18-6-4-3-5-7-18/h3-11,16H,12-15H2,1-2H3,(H,25,28). The van der Waals surface area contributed by atoms with Gasteiger partial charge in [-0.05, 0) is 31.7 Å². The SMILES string of the molecule is Cc1ccc(C(=O)Nc2scc(-c3ccccc3)c2C(=O)N2CCN(C)CC2)cc1. The molecule has 2 heterocycles. The van der Waals surface area contributed by atoms with Crippen molar-refractivity contribution in [2.45, 2.75) is 6.92 Å². The average molecular weight is 420 g/mol. The maximum absolute atomic E-state index is 13.5. The van der Waals surface area contributed by atoms with Crippen molar-refractivity contribution in [3.63, 3.8) is 0 Å². The second-order valence-electron chi connectivity index (χ2n) is 7.64. The Hall–Kier alpha value is -2.96. The lowest BCUT2D eigenvalue weighted by atomic mass is 10.0. The van der Waals surface area contributed by atoms with E-state index in [1.165, 1.54) is 11.3 Å². The summed E-state index contributed by atoms with van der Waals surface area (Å²) in [7, 11) is 2.06. The van der Waals surface area contributed by atoms with E-state index in [2.05, 4.69) is 17.3 Å². The van der Waals surface area contributed by atoms with Crippen LogP contribution in [0.5, 0.6) is 0 Å². The number of rotatable bonds is 4. The van der Waals surface area contributed by atoms with Crippen molar-refractivity contribution in [1.82, 2.24) is 9.80 Å². The van der Waals surface area contributed by atoms with E-state index >= 15 is 0 Å². The number of likely N-dealkylation sites (N-methyl/N-ethyl adjacent to an activating group) is 1.